The zero-order chi connectivity index (χ0) is 11.1. The van der Waals surface area contributed by atoms with Gasteiger partial charge in [-0.15, -0.1) is 0 Å². The standard InChI is InChI=1S/C8H11.C7H9.Ru/c1-7(2)8-5-3-4-6-8;1-2-7-5-3-4-6-7;/h3-7H,1-2H3;3-6H,2H2,1H3;/q2*-1;+2. The van der Waals surface area contributed by atoms with Gasteiger partial charge >= 0.3 is 19.5 Å². The third kappa shape index (κ3) is 5.42. The van der Waals surface area contributed by atoms with Crippen LogP contribution in [-0.2, 0) is 25.9 Å². The second-order valence-corrected chi connectivity index (χ2v) is 4.02. The maximum absolute atomic E-state index is 2.20. The molecule has 0 aliphatic rings. The molecule has 0 saturated carbocycles. The van der Waals surface area contributed by atoms with Gasteiger partial charge in [-0.25, -0.2) is 24.3 Å². The quantitative estimate of drug-likeness (QED) is 0.566. The molecule has 88 valence electrons. The van der Waals surface area contributed by atoms with Crippen LogP contribution in [0.5, 0.6) is 0 Å². The third-order valence-electron chi connectivity index (χ3n) is 2.50. The van der Waals surface area contributed by atoms with Gasteiger partial charge in [0.2, 0.25) is 0 Å². The molecular formula is C15H20Ru. The Morgan fingerprint density at radius 1 is 1.06 bits per heavy atom. The molecule has 0 unspecified atom stereocenters. The van der Waals surface area contributed by atoms with Crippen LogP contribution in [0.1, 0.15) is 37.8 Å². The summed E-state index contributed by atoms with van der Waals surface area (Å²) in [5.74, 6) is 0.685. The van der Waals surface area contributed by atoms with Gasteiger partial charge < -0.3 is 0 Å². The molecule has 0 nitrogen and oxygen atoms in total. The largest absolute Gasteiger partial charge is 2.00 e. The minimum atomic E-state index is 0. The van der Waals surface area contributed by atoms with Gasteiger partial charge in [-0.3, -0.25) is 0 Å². The fourth-order valence-corrected chi connectivity index (χ4v) is 1.42. The molecule has 1 heteroatoms. The van der Waals surface area contributed by atoms with E-state index in [0.29, 0.717) is 5.92 Å². The summed E-state index contributed by atoms with van der Waals surface area (Å²) in [5, 5.41) is 0. The average molecular weight is 301 g/mol. The molecule has 0 amide bonds. The van der Waals surface area contributed by atoms with E-state index in [0.717, 1.165) is 6.42 Å². The van der Waals surface area contributed by atoms with Crippen molar-refractivity contribution in [2.75, 3.05) is 0 Å². The van der Waals surface area contributed by atoms with Gasteiger partial charge in [0.15, 0.2) is 0 Å². The molecule has 0 N–H and O–H groups in total. The smallest absolute Gasteiger partial charge is 0.213 e. The summed E-state index contributed by atoms with van der Waals surface area (Å²) in [6.07, 6.45) is 1.16. The molecule has 0 aliphatic carbocycles. The summed E-state index contributed by atoms with van der Waals surface area (Å²) in [4.78, 5) is 0. The molecule has 0 atom stereocenters. The van der Waals surface area contributed by atoms with Crippen LogP contribution in [0.3, 0.4) is 0 Å². The average Bonchev–Trinajstić information content (AvgIpc) is 2.92. The summed E-state index contributed by atoms with van der Waals surface area (Å²) in [6, 6.07) is 16.9. The van der Waals surface area contributed by atoms with Crippen LogP contribution >= 0.6 is 0 Å². The molecule has 0 fully saturated rings. The van der Waals surface area contributed by atoms with Crippen LogP contribution in [0.4, 0.5) is 0 Å². The molecule has 0 radical (unpaired) electrons. The first-order valence-corrected chi connectivity index (χ1v) is 5.66. The zero-order valence-corrected chi connectivity index (χ0v) is 12.0. The Kier molecular flexibility index (Phi) is 8.11. The molecule has 0 heterocycles. The van der Waals surface area contributed by atoms with Crippen LogP contribution < -0.4 is 0 Å². The second kappa shape index (κ2) is 8.47. The van der Waals surface area contributed by atoms with Crippen molar-refractivity contribution < 1.29 is 19.5 Å². The van der Waals surface area contributed by atoms with Crippen molar-refractivity contribution in [3.8, 4) is 0 Å². The van der Waals surface area contributed by atoms with E-state index >= 15 is 0 Å². The van der Waals surface area contributed by atoms with Crippen molar-refractivity contribution >= 4 is 0 Å². The number of aryl methyl sites for hydroxylation is 1. The number of rotatable bonds is 2. The molecule has 2 rings (SSSR count). The van der Waals surface area contributed by atoms with Gasteiger partial charge in [0.1, 0.15) is 0 Å². The van der Waals surface area contributed by atoms with Crippen LogP contribution in [-0.4, -0.2) is 0 Å². The summed E-state index contributed by atoms with van der Waals surface area (Å²) < 4.78 is 0. The third-order valence-corrected chi connectivity index (χ3v) is 2.50. The number of hydrogen-bond acceptors (Lipinski definition) is 0. The van der Waals surface area contributed by atoms with Crippen molar-refractivity contribution in [3.05, 3.63) is 59.7 Å². The SMILES string of the molecule is CC(C)c1ccc[cH-]1.CCc1ccc[cH-]1.[Ru+2]. The van der Waals surface area contributed by atoms with E-state index < -0.39 is 0 Å². The van der Waals surface area contributed by atoms with Crippen LogP contribution in [0.25, 0.3) is 0 Å². The Bertz CT molecular complexity index is 327. The summed E-state index contributed by atoms with van der Waals surface area (Å²) in [5.41, 5.74) is 2.87. The Morgan fingerprint density at radius 2 is 1.69 bits per heavy atom. The van der Waals surface area contributed by atoms with Crippen molar-refractivity contribution in [2.45, 2.75) is 33.1 Å². The minimum absolute atomic E-state index is 0. The Balaban J connectivity index is 0.000000267. The first kappa shape index (κ1) is 15.3. The second-order valence-electron chi connectivity index (χ2n) is 4.02. The Hall–Kier alpha value is -0.677. The van der Waals surface area contributed by atoms with Gasteiger partial charge in [-0.05, 0) is 5.92 Å². The van der Waals surface area contributed by atoms with Gasteiger partial charge in [-0.2, -0.15) is 35.4 Å². The number of hydrogen-bond donors (Lipinski definition) is 0. The van der Waals surface area contributed by atoms with E-state index in [1.807, 2.05) is 0 Å². The maximum Gasteiger partial charge on any atom is 2.00 e. The molecule has 0 aliphatic heterocycles. The predicted molar refractivity (Wildman–Crippen MR) is 67.5 cm³/mol. The van der Waals surface area contributed by atoms with E-state index in [9.17, 15) is 0 Å². The van der Waals surface area contributed by atoms with Crippen molar-refractivity contribution in [1.29, 1.82) is 0 Å². The van der Waals surface area contributed by atoms with E-state index in [1.165, 1.54) is 11.1 Å². The minimum Gasteiger partial charge on any atom is -0.213 e. The van der Waals surface area contributed by atoms with E-state index in [4.69, 9.17) is 0 Å². The van der Waals surface area contributed by atoms with Crippen LogP contribution in [0, 0.1) is 0 Å². The maximum atomic E-state index is 2.20. The van der Waals surface area contributed by atoms with E-state index in [-0.39, 0.29) is 19.5 Å². The van der Waals surface area contributed by atoms with Crippen LogP contribution in [0.2, 0.25) is 0 Å². The predicted octanol–water partition coefficient (Wildman–Crippen LogP) is 4.49. The van der Waals surface area contributed by atoms with Gasteiger partial charge in [0.25, 0.3) is 0 Å². The summed E-state index contributed by atoms with van der Waals surface area (Å²) >= 11 is 0. The first-order valence-electron chi connectivity index (χ1n) is 5.66. The van der Waals surface area contributed by atoms with Gasteiger partial charge in [-0.1, -0.05) is 27.2 Å². The van der Waals surface area contributed by atoms with Crippen molar-refractivity contribution in [2.24, 2.45) is 0 Å². The molecule has 0 saturated heterocycles. The van der Waals surface area contributed by atoms with E-state index in [2.05, 4.69) is 69.3 Å². The zero-order valence-electron chi connectivity index (χ0n) is 10.3. The molecule has 0 bridgehead atoms. The fraction of sp³-hybridized carbons (Fsp3) is 0.333. The Labute approximate surface area is 112 Å². The van der Waals surface area contributed by atoms with Crippen molar-refractivity contribution in [1.82, 2.24) is 0 Å². The molecule has 16 heavy (non-hydrogen) atoms. The molecule has 2 aromatic rings. The Morgan fingerprint density at radius 3 is 1.94 bits per heavy atom. The molecule has 0 spiro atoms. The fourth-order valence-electron chi connectivity index (χ4n) is 1.42. The first-order chi connectivity index (χ1) is 7.24. The van der Waals surface area contributed by atoms with Crippen molar-refractivity contribution in [3.63, 3.8) is 0 Å². The van der Waals surface area contributed by atoms with Gasteiger partial charge in [0.05, 0.1) is 0 Å². The molecular weight excluding hydrogens is 281 g/mol. The monoisotopic (exact) mass is 302 g/mol. The summed E-state index contributed by atoms with van der Waals surface area (Å²) in [6.45, 7) is 6.57. The normalized spacial score (nSPS) is 9.25. The summed E-state index contributed by atoms with van der Waals surface area (Å²) in [7, 11) is 0. The van der Waals surface area contributed by atoms with Crippen LogP contribution in [0.15, 0.2) is 48.5 Å². The van der Waals surface area contributed by atoms with E-state index in [1.54, 1.807) is 0 Å². The topological polar surface area (TPSA) is 0 Å². The molecule has 0 aromatic heterocycles. The van der Waals surface area contributed by atoms with Gasteiger partial charge in [0, 0.05) is 0 Å². The molecule has 2 aromatic carbocycles.